The molecule has 0 aliphatic heterocycles. The van der Waals surface area contributed by atoms with Gasteiger partial charge in [0.2, 0.25) is 0 Å². The molecule has 3 unspecified atom stereocenters. The van der Waals surface area contributed by atoms with Crippen LogP contribution in [0.4, 0.5) is 0 Å². The third-order valence-corrected chi connectivity index (χ3v) is 6.41. The quantitative estimate of drug-likeness (QED) is 0.513. The largest absolute Gasteiger partial charge is 0.253 e. The third-order valence-electron chi connectivity index (χ3n) is 5.49. The summed E-state index contributed by atoms with van der Waals surface area (Å²) in [6.45, 7) is 4.46. The first kappa shape index (κ1) is 16.4. The SMILES string of the molecule is CC1C=Cc2ccccc2C1(Cl)C(C)Cc1ccc2ccccc2n1. The zero-order chi connectivity index (χ0) is 17.4. The topological polar surface area (TPSA) is 12.9 Å². The van der Waals surface area contributed by atoms with E-state index in [2.05, 4.69) is 74.5 Å². The first-order valence-corrected chi connectivity index (χ1v) is 9.28. The fourth-order valence-corrected chi connectivity index (χ4v) is 4.35. The molecule has 0 bridgehead atoms. The van der Waals surface area contributed by atoms with E-state index in [9.17, 15) is 0 Å². The number of hydrogen-bond donors (Lipinski definition) is 0. The molecule has 2 aromatic carbocycles. The lowest BCUT2D eigenvalue weighted by atomic mass is 9.71. The van der Waals surface area contributed by atoms with Crippen molar-refractivity contribution in [2.75, 3.05) is 0 Å². The van der Waals surface area contributed by atoms with Crippen molar-refractivity contribution in [3.8, 4) is 0 Å². The van der Waals surface area contributed by atoms with Crippen LogP contribution < -0.4 is 0 Å². The van der Waals surface area contributed by atoms with E-state index in [1.165, 1.54) is 16.5 Å². The summed E-state index contributed by atoms with van der Waals surface area (Å²) in [5.74, 6) is 0.545. The molecule has 1 heterocycles. The molecule has 1 aliphatic carbocycles. The molecule has 2 heteroatoms. The number of halogens is 1. The molecule has 1 nitrogen and oxygen atoms in total. The van der Waals surface area contributed by atoms with Crippen LogP contribution in [-0.4, -0.2) is 4.98 Å². The maximum atomic E-state index is 7.30. The standard InChI is InChI=1S/C23H22ClN/c1-16-11-12-18-7-3-5-9-21(18)23(16,24)17(2)15-20-14-13-19-8-4-6-10-22(19)25-20/h3-14,16-17H,15H2,1-2H3. The second-order valence-corrected chi connectivity index (χ2v) is 7.73. The van der Waals surface area contributed by atoms with Crippen LogP contribution in [0.25, 0.3) is 17.0 Å². The van der Waals surface area contributed by atoms with Crippen molar-refractivity contribution in [2.24, 2.45) is 11.8 Å². The lowest BCUT2D eigenvalue weighted by Crippen LogP contribution is -2.37. The summed E-state index contributed by atoms with van der Waals surface area (Å²) in [5.41, 5.74) is 4.62. The predicted molar refractivity (Wildman–Crippen MR) is 107 cm³/mol. The van der Waals surface area contributed by atoms with Gasteiger partial charge in [-0.25, -0.2) is 0 Å². The fraction of sp³-hybridized carbons (Fsp3) is 0.261. The molecule has 0 saturated heterocycles. The van der Waals surface area contributed by atoms with E-state index in [4.69, 9.17) is 16.6 Å². The van der Waals surface area contributed by atoms with Crippen molar-refractivity contribution >= 4 is 28.6 Å². The summed E-state index contributed by atoms with van der Waals surface area (Å²) in [4.78, 5) is 4.44. The zero-order valence-corrected chi connectivity index (χ0v) is 15.4. The molecule has 0 fully saturated rings. The van der Waals surface area contributed by atoms with E-state index in [0.29, 0.717) is 0 Å². The average Bonchev–Trinajstić information content (AvgIpc) is 2.65. The molecule has 3 aromatic rings. The van der Waals surface area contributed by atoms with E-state index in [-0.39, 0.29) is 11.8 Å². The van der Waals surface area contributed by atoms with Gasteiger partial charge in [0.25, 0.3) is 0 Å². The Hall–Kier alpha value is -2.12. The Morgan fingerprint density at radius 2 is 1.80 bits per heavy atom. The van der Waals surface area contributed by atoms with Crippen molar-refractivity contribution in [2.45, 2.75) is 25.1 Å². The first-order chi connectivity index (χ1) is 12.1. The number of hydrogen-bond acceptors (Lipinski definition) is 1. The minimum absolute atomic E-state index is 0.268. The van der Waals surface area contributed by atoms with E-state index < -0.39 is 4.87 Å². The number of allylic oxidation sites excluding steroid dienone is 1. The monoisotopic (exact) mass is 347 g/mol. The van der Waals surface area contributed by atoms with Crippen molar-refractivity contribution < 1.29 is 0 Å². The highest BCUT2D eigenvalue weighted by atomic mass is 35.5. The highest BCUT2D eigenvalue weighted by molar-refractivity contribution is 6.25. The molecular formula is C23H22ClN. The van der Waals surface area contributed by atoms with Gasteiger partial charge in [-0.2, -0.15) is 0 Å². The summed E-state index contributed by atoms with van der Waals surface area (Å²) in [5, 5.41) is 1.18. The Morgan fingerprint density at radius 1 is 1.04 bits per heavy atom. The van der Waals surface area contributed by atoms with Gasteiger partial charge in [0.1, 0.15) is 0 Å². The van der Waals surface area contributed by atoms with E-state index in [1.807, 2.05) is 12.1 Å². The van der Waals surface area contributed by atoms with Crippen LogP contribution in [0.5, 0.6) is 0 Å². The molecule has 0 spiro atoms. The summed E-state index contributed by atoms with van der Waals surface area (Å²) in [6, 6.07) is 21.0. The van der Waals surface area contributed by atoms with Crippen LogP contribution in [0.1, 0.15) is 30.7 Å². The van der Waals surface area contributed by atoms with Gasteiger partial charge in [-0.05, 0) is 41.5 Å². The molecular weight excluding hydrogens is 326 g/mol. The van der Waals surface area contributed by atoms with Gasteiger partial charge in [-0.15, -0.1) is 11.6 Å². The molecule has 3 atom stereocenters. The van der Waals surface area contributed by atoms with Crippen molar-refractivity contribution in [1.29, 1.82) is 0 Å². The summed E-state index contributed by atoms with van der Waals surface area (Å²) in [6.07, 6.45) is 5.29. The first-order valence-electron chi connectivity index (χ1n) is 8.90. The van der Waals surface area contributed by atoms with Crippen LogP contribution in [0.15, 0.2) is 66.7 Å². The molecule has 0 N–H and O–H groups in total. The molecule has 4 rings (SSSR count). The lowest BCUT2D eigenvalue weighted by Gasteiger charge is -2.41. The minimum atomic E-state index is -0.404. The van der Waals surface area contributed by atoms with Gasteiger partial charge < -0.3 is 0 Å². The molecule has 1 aromatic heterocycles. The second-order valence-electron chi connectivity index (χ2n) is 7.10. The number of rotatable bonds is 3. The van der Waals surface area contributed by atoms with Crippen LogP contribution in [0, 0.1) is 11.8 Å². The van der Waals surface area contributed by atoms with Gasteiger partial charge in [0.05, 0.1) is 10.4 Å². The summed E-state index contributed by atoms with van der Waals surface area (Å²) in [7, 11) is 0. The van der Waals surface area contributed by atoms with Crippen LogP contribution in [0.2, 0.25) is 0 Å². The number of nitrogens with zero attached hydrogens (tertiary/aromatic N) is 1. The molecule has 1 aliphatic rings. The smallest absolute Gasteiger partial charge is 0.0789 e. The Balaban J connectivity index is 1.69. The summed E-state index contributed by atoms with van der Waals surface area (Å²) < 4.78 is 0. The number of benzene rings is 2. The Kier molecular flexibility index (Phi) is 4.13. The fourth-order valence-electron chi connectivity index (χ4n) is 4.02. The Morgan fingerprint density at radius 3 is 2.68 bits per heavy atom. The van der Waals surface area contributed by atoms with Gasteiger partial charge >= 0.3 is 0 Å². The van der Waals surface area contributed by atoms with Gasteiger partial charge in [0.15, 0.2) is 0 Å². The lowest BCUT2D eigenvalue weighted by molar-refractivity contribution is 0.329. The van der Waals surface area contributed by atoms with Gasteiger partial charge in [0, 0.05) is 11.1 Å². The van der Waals surface area contributed by atoms with Crippen LogP contribution >= 0.6 is 11.6 Å². The molecule has 25 heavy (non-hydrogen) atoms. The number of fused-ring (bicyclic) bond motifs is 2. The van der Waals surface area contributed by atoms with Gasteiger partial charge in [-0.3, -0.25) is 4.98 Å². The predicted octanol–water partition coefficient (Wildman–Crippen LogP) is 6.21. The van der Waals surface area contributed by atoms with Crippen LogP contribution in [0.3, 0.4) is 0 Å². The maximum Gasteiger partial charge on any atom is 0.0789 e. The molecule has 0 saturated carbocycles. The normalized spacial score (nSPS) is 23.4. The second kappa shape index (κ2) is 6.31. The number of alkyl halides is 1. The van der Waals surface area contributed by atoms with E-state index in [0.717, 1.165) is 17.6 Å². The van der Waals surface area contributed by atoms with Gasteiger partial charge in [-0.1, -0.05) is 74.5 Å². The minimum Gasteiger partial charge on any atom is -0.253 e. The molecule has 0 amide bonds. The van der Waals surface area contributed by atoms with Crippen LogP contribution in [-0.2, 0) is 11.3 Å². The number of pyridine rings is 1. The maximum absolute atomic E-state index is 7.30. The summed E-state index contributed by atoms with van der Waals surface area (Å²) >= 11 is 7.30. The zero-order valence-electron chi connectivity index (χ0n) is 14.6. The Bertz CT molecular complexity index is 945. The van der Waals surface area contributed by atoms with Crippen molar-refractivity contribution in [3.63, 3.8) is 0 Å². The van der Waals surface area contributed by atoms with Crippen molar-refractivity contribution in [3.05, 3.63) is 83.6 Å². The van der Waals surface area contributed by atoms with E-state index in [1.54, 1.807) is 0 Å². The number of para-hydroxylation sites is 1. The highest BCUT2D eigenvalue weighted by Gasteiger charge is 2.42. The highest BCUT2D eigenvalue weighted by Crippen LogP contribution is 2.49. The van der Waals surface area contributed by atoms with Crippen molar-refractivity contribution in [1.82, 2.24) is 4.98 Å². The Labute approximate surface area is 154 Å². The third kappa shape index (κ3) is 2.77. The molecule has 0 radical (unpaired) electrons. The molecule has 126 valence electrons. The van der Waals surface area contributed by atoms with E-state index >= 15 is 0 Å². The number of aromatic nitrogens is 1. The average molecular weight is 348 g/mol.